The molecule has 1 fully saturated rings. The van der Waals surface area contributed by atoms with Crippen LogP contribution in [0.25, 0.3) is 0 Å². The molecule has 0 saturated heterocycles. The van der Waals surface area contributed by atoms with Crippen molar-refractivity contribution in [2.45, 2.75) is 24.4 Å². The molecule has 3 nitrogen and oxygen atoms in total. The van der Waals surface area contributed by atoms with Gasteiger partial charge in [-0.25, -0.2) is 0 Å². The first-order valence-electron chi connectivity index (χ1n) is 7.68. The van der Waals surface area contributed by atoms with Crippen LogP contribution in [0, 0.1) is 17.2 Å². The second kappa shape index (κ2) is 5.50. The Hall–Kier alpha value is -2.12. The van der Waals surface area contributed by atoms with E-state index in [2.05, 4.69) is 33.2 Å². The van der Waals surface area contributed by atoms with Gasteiger partial charge in [0.05, 0.1) is 17.2 Å². The van der Waals surface area contributed by atoms with Gasteiger partial charge in [0.2, 0.25) is 0 Å². The molecule has 0 amide bonds. The van der Waals surface area contributed by atoms with Gasteiger partial charge in [-0.2, -0.15) is 5.26 Å². The maximum atomic E-state index is 9.87. The zero-order chi connectivity index (χ0) is 15.9. The van der Waals surface area contributed by atoms with Gasteiger partial charge < -0.3 is 4.84 Å². The summed E-state index contributed by atoms with van der Waals surface area (Å²) in [7, 11) is 0. The van der Waals surface area contributed by atoms with Crippen LogP contribution in [0.1, 0.15) is 24.0 Å². The van der Waals surface area contributed by atoms with Crippen molar-refractivity contribution >= 4 is 21.6 Å². The van der Waals surface area contributed by atoms with E-state index in [1.807, 2.05) is 48.5 Å². The highest BCUT2D eigenvalue weighted by atomic mass is 79.9. The molecule has 2 aliphatic rings. The quantitative estimate of drug-likeness (QED) is 0.789. The number of hydrogen-bond donors (Lipinski definition) is 0. The van der Waals surface area contributed by atoms with E-state index >= 15 is 0 Å². The van der Waals surface area contributed by atoms with E-state index in [1.54, 1.807) is 0 Å². The van der Waals surface area contributed by atoms with Gasteiger partial charge in [0.1, 0.15) is 6.10 Å². The maximum Gasteiger partial charge on any atom is 0.137 e. The third kappa shape index (κ3) is 2.36. The van der Waals surface area contributed by atoms with Crippen molar-refractivity contribution < 1.29 is 4.84 Å². The van der Waals surface area contributed by atoms with Crippen LogP contribution in [0.3, 0.4) is 0 Å². The minimum absolute atomic E-state index is 0.0103. The highest BCUT2D eigenvalue weighted by Crippen LogP contribution is 2.48. The van der Waals surface area contributed by atoms with Crippen molar-refractivity contribution in [2.75, 3.05) is 0 Å². The molecule has 0 unspecified atom stereocenters. The first-order valence-corrected chi connectivity index (χ1v) is 8.48. The van der Waals surface area contributed by atoms with Crippen molar-refractivity contribution in [1.82, 2.24) is 0 Å². The van der Waals surface area contributed by atoms with Crippen molar-refractivity contribution in [3.8, 4) is 6.07 Å². The van der Waals surface area contributed by atoms with Crippen LogP contribution in [0.5, 0.6) is 0 Å². The van der Waals surface area contributed by atoms with Crippen molar-refractivity contribution in [2.24, 2.45) is 11.1 Å². The number of halogens is 1. The molecule has 1 aliphatic carbocycles. The molecule has 0 radical (unpaired) electrons. The molecule has 4 rings (SSSR count). The molecular formula is C19H15BrN2O. The Morgan fingerprint density at radius 2 is 1.96 bits per heavy atom. The summed E-state index contributed by atoms with van der Waals surface area (Å²) in [4.78, 5) is 5.68. The van der Waals surface area contributed by atoms with E-state index in [0.717, 1.165) is 27.7 Å². The van der Waals surface area contributed by atoms with Gasteiger partial charge >= 0.3 is 0 Å². The topological polar surface area (TPSA) is 45.4 Å². The van der Waals surface area contributed by atoms with E-state index in [0.29, 0.717) is 6.42 Å². The molecule has 3 atom stereocenters. The minimum atomic E-state index is -0.482. The summed E-state index contributed by atoms with van der Waals surface area (Å²) in [5.74, 6) is 0.171. The van der Waals surface area contributed by atoms with Crippen LogP contribution >= 0.6 is 15.9 Å². The molecular weight excluding hydrogens is 352 g/mol. The molecule has 0 aromatic heterocycles. The highest BCUT2D eigenvalue weighted by molar-refractivity contribution is 9.10. The summed E-state index contributed by atoms with van der Waals surface area (Å²) < 4.78 is 1.02. The van der Waals surface area contributed by atoms with E-state index in [-0.39, 0.29) is 12.0 Å². The van der Waals surface area contributed by atoms with Crippen LogP contribution in [0.4, 0.5) is 0 Å². The van der Waals surface area contributed by atoms with E-state index < -0.39 is 5.41 Å². The monoisotopic (exact) mass is 366 g/mol. The lowest BCUT2D eigenvalue weighted by Crippen LogP contribution is -2.22. The number of rotatable bonds is 2. The first kappa shape index (κ1) is 14.5. The van der Waals surface area contributed by atoms with Crippen LogP contribution in [-0.4, -0.2) is 11.8 Å². The third-order valence-corrected chi connectivity index (χ3v) is 5.36. The lowest BCUT2D eigenvalue weighted by atomic mass is 9.79. The third-order valence-electron chi connectivity index (χ3n) is 4.87. The standard InChI is InChI=1S/C19H15BrN2O/c20-15-8-4-5-13(9-15)18-16-10-19(12-21,11-17(16)23-22-18)14-6-2-1-3-7-14/h1-9,16-17H,10-11H2/t16-,17+,19-/m0/s1. The maximum absolute atomic E-state index is 9.87. The highest BCUT2D eigenvalue weighted by Gasteiger charge is 2.52. The second-order valence-corrected chi connectivity index (χ2v) is 7.12. The molecule has 4 heteroatoms. The predicted octanol–water partition coefficient (Wildman–Crippen LogP) is 4.42. The molecule has 2 aromatic rings. The zero-order valence-electron chi connectivity index (χ0n) is 12.4. The Labute approximate surface area is 143 Å². The number of hydrogen-bond acceptors (Lipinski definition) is 3. The number of nitriles is 1. The summed E-state index contributed by atoms with van der Waals surface area (Å²) in [6, 6.07) is 20.7. The van der Waals surface area contributed by atoms with Gasteiger partial charge in [-0.05, 0) is 24.1 Å². The summed E-state index contributed by atoms with van der Waals surface area (Å²) in [5, 5.41) is 14.2. The predicted molar refractivity (Wildman–Crippen MR) is 92.0 cm³/mol. The molecule has 0 N–H and O–H groups in total. The summed E-state index contributed by atoms with van der Waals surface area (Å²) in [6.45, 7) is 0. The summed E-state index contributed by atoms with van der Waals surface area (Å²) in [6.07, 6.45) is 1.44. The average Bonchev–Trinajstić information content (AvgIpc) is 3.13. The number of fused-ring (bicyclic) bond motifs is 1. The molecule has 114 valence electrons. The number of nitrogens with zero attached hydrogens (tertiary/aromatic N) is 2. The summed E-state index contributed by atoms with van der Waals surface area (Å²) in [5.41, 5.74) is 2.62. The Morgan fingerprint density at radius 3 is 2.70 bits per heavy atom. The van der Waals surface area contributed by atoms with Gasteiger partial charge in [0.25, 0.3) is 0 Å². The van der Waals surface area contributed by atoms with Crippen molar-refractivity contribution in [3.63, 3.8) is 0 Å². The van der Waals surface area contributed by atoms with Crippen LogP contribution in [0.2, 0.25) is 0 Å². The fourth-order valence-corrected chi connectivity index (χ4v) is 4.11. The van der Waals surface area contributed by atoms with E-state index in [1.165, 1.54) is 0 Å². The van der Waals surface area contributed by atoms with Crippen molar-refractivity contribution in [1.29, 1.82) is 5.26 Å². The molecule has 1 aliphatic heterocycles. The Bertz CT molecular complexity index is 812. The van der Waals surface area contributed by atoms with Gasteiger partial charge in [-0.1, -0.05) is 63.6 Å². The normalized spacial score (nSPS) is 28.6. The lowest BCUT2D eigenvalue weighted by Gasteiger charge is -2.21. The molecule has 0 bridgehead atoms. The van der Waals surface area contributed by atoms with Crippen LogP contribution < -0.4 is 0 Å². The minimum Gasteiger partial charge on any atom is -0.391 e. The number of oxime groups is 1. The first-order chi connectivity index (χ1) is 11.2. The van der Waals surface area contributed by atoms with E-state index in [9.17, 15) is 5.26 Å². The fourth-order valence-electron chi connectivity index (χ4n) is 3.71. The van der Waals surface area contributed by atoms with Gasteiger partial charge in [0.15, 0.2) is 0 Å². The molecule has 1 saturated carbocycles. The summed E-state index contributed by atoms with van der Waals surface area (Å²) >= 11 is 3.51. The van der Waals surface area contributed by atoms with Gasteiger partial charge in [-0.3, -0.25) is 0 Å². The van der Waals surface area contributed by atoms with E-state index in [4.69, 9.17) is 4.84 Å². The molecule has 23 heavy (non-hydrogen) atoms. The largest absolute Gasteiger partial charge is 0.391 e. The smallest absolute Gasteiger partial charge is 0.137 e. The second-order valence-electron chi connectivity index (χ2n) is 6.21. The van der Waals surface area contributed by atoms with Crippen LogP contribution in [0.15, 0.2) is 64.2 Å². The lowest BCUT2D eigenvalue weighted by molar-refractivity contribution is 0.0716. The van der Waals surface area contributed by atoms with Crippen LogP contribution in [-0.2, 0) is 10.3 Å². The molecule has 2 aromatic carbocycles. The SMILES string of the molecule is N#C[C@]1(c2ccccc2)C[C@@H]2C(c3cccc(Br)c3)=NO[C@@H]2C1. The fraction of sp³-hybridized carbons (Fsp3) is 0.263. The van der Waals surface area contributed by atoms with Crippen molar-refractivity contribution in [3.05, 3.63) is 70.2 Å². The van der Waals surface area contributed by atoms with Gasteiger partial charge in [-0.15, -0.1) is 0 Å². The Balaban J connectivity index is 1.68. The Kier molecular flexibility index (Phi) is 3.46. The van der Waals surface area contributed by atoms with Gasteiger partial charge in [0, 0.05) is 22.4 Å². The molecule has 1 heterocycles. The average molecular weight is 367 g/mol. The molecule has 0 spiro atoms. The zero-order valence-corrected chi connectivity index (χ0v) is 14.0. The number of benzene rings is 2. The Morgan fingerprint density at radius 1 is 1.13 bits per heavy atom.